The Morgan fingerprint density at radius 1 is 0.900 bits per heavy atom. The van der Waals surface area contributed by atoms with E-state index in [0.717, 1.165) is 21.1 Å². The minimum absolute atomic E-state index is 0.177. The van der Waals surface area contributed by atoms with Crippen LogP contribution in [0, 0.1) is 6.92 Å². The summed E-state index contributed by atoms with van der Waals surface area (Å²) in [4.78, 5) is 13.3. The van der Waals surface area contributed by atoms with Crippen LogP contribution >= 0.6 is 0 Å². The zero-order valence-corrected chi connectivity index (χ0v) is 18.4. The number of amides is 1. The fraction of sp³-hybridized carbons (Fsp3) is 0.208. The molecule has 0 aliphatic heterocycles. The molecule has 30 heavy (non-hydrogen) atoms. The van der Waals surface area contributed by atoms with E-state index in [1.54, 1.807) is 48.5 Å². The van der Waals surface area contributed by atoms with E-state index in [-0.39, 0.29) is 22.3 Å². The highest BCUT2D eigenvalue weighted by atomic mass is 32.2. The van der Waals surface area contributed by atoms with Gasteiger partial charge in [0.1, 0.15) is 0 Å². The zero-order chi connectivity index (χ0) is 21.9. The second-order valence-corrected chi connectivity index (χ2v) is 9.47. The number of aryl methyl sites for hydroxylation is 1. The Morgan fingerprint density at radius 3 is 2.17 bits per heavy atom. The van der Waals surface area contributed by atoms with E-state index in [0.29, 0.717) is 5.69 Å². The summed E-state index contributed by atoms with van der Waals surface area (Å²) in [7, 11) is -2.34. The van der Waals surface area contributed by atoms with Gasteiger partial charge in [0.25, 0.3) is 15.9 Å². The summed E-state index contributed by atoms with van der Waals surface area (Å²) in [5.41, 5.74) is 3.31. The van der Waals surface area contributed by atoms with Gasteiger partial charge in [-0.3, -0.25) is 9.10 Å². The first-order valence-electron chi connectivity index (χ1n) is 9.76. The predicted molar refractivity (Wildman–Crippen MR) is 122 cm³/mol. The maximum absolute atomic E-state index is 13.1. The number of hydrogen-bond acceptors (Lipinski definition) is 3. The first-order valence-corrected chi connectivity index (χ1v) is 11.2. The fourth-order valence-electron chi connectivity index (χ4n) is 3.24. The number of carbonyl (C=O) groups is 1. The summed E-state index contributed by atoms with van der Waals surface area (Å²) in [5, 5.41) is 2.94. The van der Waals surface area contributed by atoms with E-state index in [2.05, 4.69) is 19.2 Å². The van der Waals surface area contributed by atoms with Crippen molar-refractivity contribution in [2.45, 2.75) is 31.6 Å². The Balaban J connectivity index is 1.96. The number of rotatable bonds is 6. The Bertz CT molecular complexity index is 1150. The molecule has 3 aromatic carbocycles. The smallest absolute Gasteiger partial charge is 0.264 e. The second kappa shape index (κ2) is 8.71. The molecule has 5 nitrogen and oxygen atoms in total. The summed E-state index contributed by atoms with van der Waals surface area (Å²) in [6.07, 6.45) is 0. The molecule has 0 spiro atoms. The quantitative estimate of drug-likeness (QED) is 0.594. The van der Waals surface area contributed by atoms with Crippen molar-refractivity contribution in [1.82, 2.24) is 0 Å². The molecule has 3 rings (SSSR count). The normalized spacial score (nSPS) is 11.4. The fourth-order valence-corrected chi connectivity index (χ4v) is 4.46. The van der Waals surface area contributed by atoms with Gasteiger partial charge in [-0.25, -0.2) is 8.42 Å². The number of nitrogens with one attached hydrogen (secondary N) is 1. The van der Waals surface area contributed by atoms with Gasteiger partial charge in [-0.1, -0.05) is 61.9 Å². The van der Waals surface area contributed by atoms with Gasteiger partial charge in [-0.05, 0) is 48.7 Å². The molecule has 0 radical (unpaired) electrons. The van der Waals surface area contributed by atoms with Gasteiger partial charge in [0.15, 0.2) is 0 Å². The molecule has 0 saturated carbocycles. The third-order valence-corrected chi connectivity index (χ3v) is 6.78. The van der Waals surface area contributed by atoms with E-state index in [1.807, 2.05) is 31.2 Å². The average Bonchev–Trinajstić information content (AvgIpc) is 2.73. The lowest BCUT2D eigenvalue weighted by Crippen LogP contribution is -2.29. The molecule has 0 aromatic heterocycles. The summed E-state index contributed by atoms with van der Waals surface area (Å²) in [6, 6.07) is 21.0. The molecule has 0 aliphatic carbocycles. The van der Waals surface area contributed by atoms with Crippen LogP contribution in [-0.4, -0.2) is 21.4 Å². The molecule has 0 unspecified atom stereocenters. The maximum atomic E-state index is 13.1. The van der Waals surface area contributed by atoms with Crippen LogP contribution in [0.4, 0.5) is 11.4 Å². The van der Waals surface area contributed by atoms with Crippen molar-refractivity contribution in [3.05, 3.63) is 89.5 Å². The van der Waals surface area contributed by atoms with Gasteiger partial charge in [0.2, 0.25) is 0 Å². The Hall–Kier alpha value is -3.12. The Labute approximate surface area is 178 Å². The van der Waals surface area contributed by atoms with Crippen LogP contribution < -0.4 is 9.62 Å². The van der Waals surface area contributed by atoms with Crippen LogP contribution in [0.5, 0.6) is 0 Å². The molecule has 156 valence electrons. The molecule has 0 fully saturated rings. The van der Waals surface area contributed by atoms with Gasteiger partial charge < -0.3 is 5.32 Å². The van der Waals surface area contributed by atoms with Crippen molar-refractivity contribution in [2.24, 2.45) is 0 Å². The SMILES string of the molecule is Cc1ccc(S(=O)(=O)N(C)c2ccccc2C(=O)Nc2ccccc2C(C)C)cc1. The van der Waals surface area contributed by atoms with Crippen molar-refractivity contribution < 1.29 is 13.2 Å². The largest absolute Gasteiger partial charge is 0.322 e. The van der Waals surface area contributed by atoms with E-state index in [9.17, 15) is 13.2 Å². The lowest BCUT2D eigenvalue weighted by Gasteiger charge is -2.22. The first kappa shape index (κ1) is 21.6. The maximum Gasteiger partial charge on any atom is 0.264 e. The summed E-state index contributed by atoms with van der Waals surface area (Å²) in [6.45, 7) is 6.01. The number of benzene rings is 3. The summed E-state index contributed by atoms with van der Waals surface area (Å²) in [5.74, 6) is -0.119. The van der Waals surface area contributed by atoms with E-state index >= 15 is 0 Å². The Kier molecular flexibility index (Phi) is 6.27. The van der Waals surface area contributed by atoms with E-state index in [1.165, 1.54) is 7.05 Å². The summed E-state index contributed by atoms with van der Waals surface area (Å²) < 4.78 is 27.4. The molecule has 1 N–H and O–H groups in total. The molecule has 0 saturated heterocycles. The monoisotopic (exact) mass is 422 g/mol. The van der Waals surface area contributed by atoms with Gasteiger partial charge >= 0.3 is 0 Å². The van der Waals surface area contributed by atoms with Crippen LogP contribution in [0.3, 0.4) is 0 Å². The topological polar surface area (TPSA) is 66.5 Å². The Morgan fingerprint density at radius 2 is 1.50 bits per heavy atom. The van der Waals surface area contributed by atoms with Crippen LogP contribution in [-0.2, 0) is 10.0 Å². The van der Waals surface area contributed by atoms with Crippen molar-refractivity contribution >= 4 is 27.3 Å². The molecule has 3 aromatic rings. The number of nitrogens with zero attached hydrogens (tertiary/aromatic N) is 1. The molecule has 0 heterocycles. The van der Waals surface area contributed by atoms with Gasteiger partial charge in [0, 0.05) is 12.7 Å². The lowest BCUT2D eigenvalue weighted by molar-refractivity contribution is 0.102. The van der Waals surface area contributed by atoms with Crippen molar-refractivity contribution in [3.8, 4) is 0 Å². The average molecular weight is 423 g/mol. The van der Waals surface area contributed by atoms with Crippen molar-refractivity contribution in [2.75, 3.05) is 16.7 Å². The van der Waals surface area contributed by atoms with Crippen LogP contribution in [0.1, 0.15) is 41.3 Å². The van der Waals surface area contributed by atoms with Crippen LogP contribution in [0.25, 0.3) is 0 Å². The number of carbonyl (C=O) groups excluding carboxylic acids is 1. The number of anilines is 2. The standard InChI is InChI=1S/C24H26N2O3S/c1-17(2)20-9-5-7-11-22(20)25-24(27)21-10-6-8-12-23(21)26(4)30(28,29)19-15-13-18(3)14-16-19/h5-17H,1-4H3,(H,25,27). The van der Waals surface area contributed by atoms with Crippen molar-refractivity contribution in [3.63, 3.8) is 0 Å². The van der Waals surface area contributed by atoms with Crippen LogP contribution in [0.15, 0.2) is 77.7 Å². The molecular weight excluding hydrogens is 396 g/mol. The zero-order valence-electron chi connectivity index (χ0n) is 17.6. The molecule has 6 heteroatoms. The summed E-state index contributed by atoms with van der Waals surface area (Å²) >= 11 is 0. The predicted octanol–water partition coefficient (Wildman–Crippen LogP) is 5.20. The molecule has 1 amide bonds. The molecule has 0 atom stereocenters. The second-order valence-electron chi connectivity index (χ2n) is 7.50. The third kappa shape index (κ3) is 4.39. The van der Waals surface area contributed by atoms with Gasteiger partial charge in [-0.15, -0.1) is 0 Å². The minimum atomic E-state index is -3.81. The molecule has 0 aliphatic rings. The third-order valence-electron chi connectivity index (χ3n) is 5.00. The van der Waals surface area contributed by atoms with Gasteiger partial charge in [0.05, 0.1) is 16.1 Å². The lowest BCUT2D eigenvalue weighted by atomic mass is 10.0. The number of sulfonamides is 1. The number of hydrogen-bond donors (Lipinski definition) is 1. The highest BCUT2D eigenvalue weighted by molar-refractivity contribution is 7.92. The highest BCUT2D eigenvalue weighted by Crippen LogP contribution is 2.28. The van der Waals surface area contributed by atoms with E-state index < -0.39 is 10.0 Å². The first-order chi connectivity index (χ1) is 14.2. The highest BCUT2D eigenvalue weighted by Gasteiger charge is 2.25. The van der Waals surface area contributed by atoms with E-state index in [4.69, 9.17) is 0 Å². The number of para-hydroxylation sites is 2. The molecule has 0 bridgehead atoms. The minimum Gasteiger partial charge on any atom is -0.322 e. The molecular formula is C24H26N2O3S. The van der Waals surface area contributed by atoms with Crippen molar-refractivity contribution in [1.29, 1.82) is 0 Å². The van der Waals surface area contributed by atoms with Crippen LogP contribution in [0.2, 0.25) is 0 Å². The van der Waals surface area contributed by atoms with Gasteiger partial charge in [-0.2, -0.15) is 0 Å².